The summed E-state index contributed by atoms with van der Waals surface area (Å²) in [6.45, 7) is 5.35. The molecule has 0 aromatic heterocycles. The van der Waals surface area contributed by atoms with E-state index < -0.39 is 0 Å². The van der Waals surface area contributed by atoms with Crippen LogP contribution in [0.1, 0.15) is 18.4 Å². The molecule has 0 aliphatic carbocycles. The molecule has 1 aliphatic rings. The molecule has 4 heteroatoms. The molecule has 0 saturated carbocycles. The molecule has 2 rings (SSSR count). The fourth-order valence-electron chi connectivity index (χ4n) is 2.37. The monoisotopic (exact) mass is 275 g/mol. The quantitative estimate of drug-likeness (QED) is 0.859. The van der Waals surface area contributed by atoms with Gasteiger partial charge in [-0.3, -0.25) is 0 Å². The lowest BCUT2D eigenvalue weighted by atomic mass is 9.79. The maximum Gasteiger partial charge on any atom is 0.410 e. The molecule has 1 aromatic carbocycles. The van der Waals surface area contributed by atoms with Crippen molar-refractivity contribution in [1.29, 1.82) is 0 Å². The first kappa shape index (κ1) is 14.6. The minimum Gasteiger partial charge on any atom is -0.445 e. The second kappa shape index (κ2) is 6.57. The number of hydrogen-bond acceptors (Lipinski definition) is 3. The highest BCUT2D eigenvalue weighted by Crippen LogP contribution is 2.32. The van der Waals surface area contributed by atoms with Gasteiger partial charge in [0.2, 0.25) is 0 Å². The molecule has 0 unspecified atom stereocenters. The van der Waals surface area contributed by atoms with Crippen LogP contribution in [0.2, 0.25) is 0 Å². The van der Waals surface area contributed by atoms with Crippen LogP contribution >= 0.6 is 0 Å². The number of likely N-dealkylation sites (tertiary alicyclic amines) is 1. The zero-order valence-corrected chi connectivity index (χ0v) is 11.6. The van der Waals surface area contributed by atoms with Crippen molar-refractivity contribution >= 4 is 6.09 Å². The molecule has 4 nitrogen and oxygen atoms in total. The number of hydrogen-bond donors (Lipinski definition) is 1. The first-order valence-electron chi connectivity index (χ1n) is 6.89. The van der Waals surface area contributed by atoms with Crippen LogP contribution in [-0.4, -0.2) is 35.8 Å². The summed E-state index contributed by atoms with van der Waals surface area (Å²) in [6.07, 6.45) is 2.98. The Morgan fingerprint density at radius 1 is 1.35 bits per heavy atom. The number of aliphatic hydroxyl groups excluding tert-OH is 1. The second-order valence-corrected chi connectivity index (χ2v) is 5.25. The van der Waals surface area contributed by atoms with Crippen molar-refractivity contribution in [2.45, 2.75) is 19.4 Å². The molecule has 0 bridgehead atoms. The van der Waals surface area contributed by atoms with Crippen LogP contribution in [-0.2, 0) is 11.3 Å². The van der Waals surface area contributed by atoms with E-state index in [9.17, 15) is 9.90 Å². The van der Waals surface area contributed by atoms with Crippen LogP contribution in [0, 0.1) is 5.41 Å². The van der Waals surface area contributed by atoms with Gasteiger partial charge in [-0.15, -0.1) is 6.58 Å². The number of rotatable bonds is 4. The Morgan fingerprint density at radius 2 is 2.00 bits per heavy atom. The number of piperidine rings is 1. The van der Waals surface area contributed by atoms with Gasteiger partial charge in [0.15, 0.2) is 0 Å². The summed E-state index contributed by atoms with van der Waals surface area (Å²) in [4.78, 5) is 13.7. The van der Waals surface area contributed by atoms with Gasteiger partial charge < -0.3 is 14.7 Å². The SMILES string of the molecule is C=CC1(CO)CCN(C(=O)OCc2ccccc2)CC1. The number of carbonyl (C=O) groups excluding carboxylic acids is 1. The van der Waals surface area contributed by atoms with Gasteiger partial charge in [0.05, 0.1) is 6.61 Å². The summed E-state index contributed by atoms with van der Waals surface area (Å²) in [5, 5.41) is 9.41. The molecule has 1 saturated heterocycles. The fourth-order valence-corrected chi connectivity index (χ4v) is 2.37. The highest BCUT2D eigenvalue weighted by molar-refractivity contribution is 5.67. The van der Waals surface area contributed by atoms with E-state index in [0.29, 0.717) is 19.7 Å². The van der Waals surface area contributed by atoms with Crippen molar-refractivity contribution in [3.05, 3.63) is 48.6 Å². The molecular formula is C16H21NO3. The second-order valence-electron chi connectivity index (χ2n) is 5.25. The Balaban J connectivity index is 1.82. The number of carbonyl (C=O) groups is 1. The predicted molar refractivity (Wildman–Crippen MR) is 77.1 cm³/mol. The van der Waals surface area contributed by atoms with E-state index in [1.54, 1.807) is 11.0 Å². The normalized spacial score (nSPS) is 17.6. The van der Waals surface area contributed by atoms with Crippen LogP contribution in [0.25, 0.3) is 0 Å². The Labute approximate surface area is 119 Å². The third-order valence-corrected chi connectivity index (χ3v) is 3.97. The molecule has 1 amide bonds. The fraction of sp³-hybridized carbons (Fsp3) is 0.438. The van der Waals surface area contributed by atoms with Crippen molar-refractivity contribution in [1.82, 2.24) is 4.90 Å². The highest BCUT2D eigenvalue weighted by Gasteiger charge is 2.33. The molecule has 108 valence electrons. The number of benzene rings is 1. The average Bonchev–Trinajstić information content (AvgIpc) is 2.53. The Hall–Kier alpha value is -1.81. The van der Waals surface area contributed by atoms with Gasteiger partial charge in [0.25, 0.3) is 0 Å². The first-order valence-corrected chi connectivity index (χ1v) is 6.89. The topological polar surface area (TPSA) is 49.8 Å². The zero-order chi connectivity index (χ0) is 14.4. The maximum atomic E-state index is 12.0. The van der Waals surface area contributed by atoms with Gasteiger partial charge in [0, 0.05) is 18.5 Å². The summed E-state index contributed by atoms with van der Waals surface area (Å²) in [5.41, 5.74) is 0.740. The third-order valence-electron chi connectivity index (χ3n) is 3.97. The molecular weight excluding hydrogens is 254 g/mol. The molecule has 1 heterocycles. The van der Waals surface area contributed by atoms with Gasteiger partial charge in [-0.1, -0.05) is 36.4 Å². The molecule has 1 aromatic rings. The minimum atomic E-state index is -0.288. The van der Waals surface area contributed by atoms with Crippen LogP contribution in [0.4, 0.5) is 4.79 Å². The molecule has 0 atom stereocenters. The smallest absolute Gasteiger partial charge is 0.410 e. The van der Waals surface area contributed by atoms with Gasteiger partial charge >= 0.3 is 6.09 Å². The standard InChI is InChI=1S/C16H21NO3/c1-2-16(13-18)8-10-17(11-9-16)15(19)20-12-14-6-4-3-5-7-14/h2-7,18H,1,8-13H2. The van der Waals surface area contributed by atoms with Crippen molar-refractivity contribution in [3.8, 4) is 0 Å². The van der Waals surface area contributed by atoms with E-state index in [0.717, 1.165) is 18.4 Å². The van der Waals surface area contributed by atoms with Gasteiger partial charge in [-0.2, -0.15) is 0 Å². The summed E-state index contributed by atoms with van der Waals surface area (Å²) >= 11 is 0. The van der Waals surface area contributed by atoms with Crippen molar-refractivity contribution < 1.29 is 14.6 Å². The van der Waals surface area contributed by atoms with Crippen LogP contribution in [0.15, 0.2) is 43.0 Å². The largest absolute Gasteiger partial charge is 0.445 e. The Bertz CT molecular complexity index is 450. The Kier molecular flexibility index (Phi) is 4.79. The molecule has 1 N–H and O–H groups in total. The van der Waals surface area contributed by atoms with Crippen molar-refractivity contribution in [3.63, 3.8) is 0 Å². The van der Waals surface area contributed by atoms with Crippen LogP contribution in [0.5, 0.6) is 0 Å². The summed E-state index contributed by atoms with van der Waals surface area (Å²) < 4.78 is 5.30. The summed E-state index contributed by atoms with van der Waals surface area (Å²) in [7, 11) is 0. The van der Waals surface area contributed by atoms with E-state index in [-0.39, 0.29) is 18.1 Å². The predicted octanol–water partition coefficient (Wildman–Crippen LogP) is 2.58. The maximum absolute atomic E-state index is 12.0. The summed E-state index contributed by atoms with van der Waals surface area (Å²) in [6, 6.07) is 9.63. The zero-order valence-electron chi connectivity index (χ0n) is 11.6. The lowest BCUT2D eigenvalue weighted by Crippen LogP contribution is -2.44. The van der Waals surface area contributed by atoms with Gasteiger partial charge in [-0.25, -0.2) is 4.79 Å². The summed E-state index contributed by atoms with van der Waals surface area (Å²) in [5.74, 6) is 0. The van der Waals surface area contributed by atoms with Gasteiger partial charge in [-0.05, 0) is 18.4 Å². The van der Waals surface area contributed by atoms with E-state index in [1.807, 2.05) is 30.3 Å². The third kappa shape index (κ3) is 3.39. The molecule has 0 radical (unpaired) electrons. The van der Waals surface area contributed by atoms with E-state index >= 15 is 0 Å². The van der Waals surface area contributed by atoms with Crippen molar-refractivity contribution in [2.75, 3.05) is 19.7 Å². The van der Waals surface area contributed by atoms with Crippen LogP contribution in [0.3, 0.4) is 0 Å². The van der Waals surface area contributed by atoms with Crippen LogP contribution < -0.4 is 0 Å². The molecule has 0 spiro atoms. The van der Waals surface area contributed by atoms with E-state index in [1.165, 1.54) is 0 Å². The molecule has 1 fully saturated rings. The van der Waals surface area contributed by atoms with E-state index in [4.69, 9.17) is 4.74 Å². The Morgan fingerprint density at radius 3 is 2.55 bits per heavy atom. The number of ether oxygens (including phenoxy) is 1. The number of aliphatic hydroxyl groups is 1. The lowest BCUT2D eigenvalue weighted by molar-refractivity contribution is 0.0541. The molecule has 20 heavy (non-hydrogen) atoms. The highest BCUT2D eigenvalue weighted by atomic mass is 16.6. The lowest BCUT2D eigenvalue weighted by Gasteiger charge is -2.38. The molecule has 1 aliphatic heterocycles. The average molecular weight is 275 g/mol. The first-order chi connectivity index (χ1) is 9.69. The van der Waals surface area contributed by atoms with E-state index in [2.05, 4.69) is 6.58 Å². The number of amides is 1. The minimum absolute atomic E-state index is 0.0867. The van der Waals surface area contributed by atoms with Gasteiger partial charge in [0.1, 0.15) is 6.61 Å². The van der Waals surface area contributed by atoms with Crippen molar-refractivity contribution in [2.24, 2.45) is 5.41 Å². The number of nitrogens with zero attached hydrogens (tertiary/aromatic N) is 1.